The van der Waals surface area contributed by atoms with Crippen LogP contribution in [0.3, 0.4) is 0 Å². The van der Waals surface area contributed by atoms with Crippen LogP contribution in [0.4, 0.5) is 5.69 Å². The molecule has 7 nitrogen and oxygen atoms in total. The van der Waals surface area contributed by atoms with Crippen molar-refractivity contribution in [2.75, 3.05) is 19.0 Å². The third-order valence-electron chi connectivity index (χ3n) is 3.83. The van der Waals surface area contributed by atoms with Gasteiger partial charge in [-0.2, -0.15) is 4.72 Å². The number of carbonyl (C=O) groups is 1. The third kappa shape index (κ3) is 5.45. The molecule has 0 spiro atoms. The van der Waals surface area contributed by atoms with Gasteiger partial charge in [0.1, 0.15) is 11.5 Å². The first kappa shape index (κ1) is 20.7. The molecule has 1 atom stereocenters. The van der Waals surface area contributed by atoms with Gasteiger partial charge in [0.25, 0.3) is 0 Å². The van der Waals surface area contributed by atoms with Gasteiger partial charge in [-0.15, -0.1) is 0 Å². The number of anilines is 1. The minimum atomic E-state index is -3.84. The smallest absolute Gasteiger partial charge is 0.242 e. The van der Waals surface area contributed by atoms with E-state index >= 15 is 0 Å². The number of benzene rings is 2. The van der Waals surface area contributed by atoms with Crippen molar-refractivity contribution in [3.63, 3.8) is 0 Å². The predicted octanol–water partition coefficient (Wildman–Crippen LogP) is 2.71. The Hall–Kier alpha value is -2.58. The van der Waals surface area contributed by atoms with Crippen LogP contribution in [0.1, 0.15) is 19.4 Å². The number of sulfonamides is 1. The zero-order chi connectivity index (χ0) is 20.0. The summed E-state index contributed by atoms with van der Waals surface area (Å²) in [6, 6.07) is 10.4. The maximum atomic E-state index is 12.5. The molecular formula is C19H24N2O5S. The maximum Gasteiger partial charge on any atom is 0.242 e. The fourth-order valence-corrected chi connectivity index (χ4v) is 3.71. The van der Waals surface area contributed by atoms with Crippen LogP contribution in [0.15, 0.2) is 47.4 Å². The molecule has 2 aromatic carbocycles. The number of methoxy groups -OCH3 is 1. The lowest BCUT2D eigenvalue weighted by Gasteiger charge is -2.15. The highest BCUT2D eigenvalue weighted by Crippen LogP contribution is 2.21. The lowest BCUT2D eigenvalue weighted by Crippen LogP contribution is -2.41. The van der Waals surface area contributed by atoms with Crippen LogP contribution in [0.2, 0.25) is 0 Å². The fraction of sp³-hybridized carbons (Fsp3) is 0.316. The van der Waals surface area contributed by atoms with Crippen molar-refractivity contribution in [2.45, 2.75) is 31.7 Å². The second-order valence-corrected chi connectivity index (χ2v) is 7.64. The van der Waals surface area contributed by atoms with Gasteiger partial charge < -0.3 is 14.8 Å². The molecule has 0 saturated carbocycles. The van der Waals surface area contributed by atoms with Crippen molar-refractivity contribution in [2.24, 2.45) is 0 Å². The number of ether oxygens (including phenoxy) is 2. The average molecular weight is 392 g/mol. The molecule has 0 aliphatic heterocycles. The maximum absolute atomic E-state index is 12.5. The lowest BCUT2D eigenvalue weighted by atomic mass is 10.2. The summed E-state index contributed by atoms with van der Waals surface area (Å²) in [4.78, 5) is 12.4. The Labute approximate surface area is 159 Å². The second kappa shape index (κ2) is 8.88. The van der Waals surface area contributed by atoms with Crippen LogP contribution in [0, 0.1) is 6.92 Å². The molecule has 0 bridgehead atoms. The zero-order valence-electron chi connectivity index (χ0n) is 15.8. The van der Waals surface area contributed by atoms with E-state index in [2.05, 4.69) is 10.0 Å². The highest BCUT2D eigenvalue weighted by Gasteiger charge is 2.22. The third-order valence-corrected chi connectivity index (χ3v) is 5.37. The molecule has 0 aromatic heterocycles. The van der Waals surface area contributed by atoms with Crippen LogP contribution in [-0.4, -0.2) is 34.1 Å². The van der Waals surface area contributed by atoms with E-state index in [9.17, 15) is 13.2 Å². The average Bonchev–Trinajstić information content (AvgIpc) is 2.63. The topological polar surface area (TPSA) is 93.7 Å². The number of hydrogen-bond donors (Lipinski definition) is 2. The number of hydrogen-bond acceptors (Lipinski definition) is 5. The number of carbonyl (C=O) groups excluding carboxylic acids is 1. The minimum absolute atomic E-state index is 0.0708. The summed E-state index contributed by atoms with van der Waals surface area (Å²) in [5.41, 5.74) is 1.24. The number of amides is 1. The Morgan fingerprint density at radius 3 is 2.37 bits per heavy atom. The predicted molar refractivity (Wildman–Crippen MR) is 104 cm³/mol. The number of rotatable bonds is 8. The molecule has 0 aliphatic carbocycles. The first-order valence-electron chi connectivity index (χ1n) is 8.47. The molecule has 2 rings (SSSR count). The van der Waals surface area contributed by atoms with Crippen LogP contribution in [0.25, 0.3) is 0 Å². The highest BCUT2D eigenvalue weighted by molar-refractivity contribution is 7.89. The molecule has 27 heavy (non-hydrogen) atoms. The van der Waals surface area contributed by atoms with Gasteiger partial charge in [-0.1, -0.05) is 0 Å². The van der Waals surface area contributed by atoms with E-state index in [0.717, 1.165) is 0 Å². The van der Waals surface area contributed by atoms with E-state index in [0.29, 0.717) is 29.4 Å². The van der Waals surface area contributed by atoms with E-state index in [1.54, 1.807) is 37.3 Å². The fourth-order valence-electron chi connectivity index (χ4n) is 2.42. The Kier molecular flexibility index (Phi) is 6.81. The van der Waals surface area contributed by atoms with Gasteiger partial charge in [-0.25, -0.2) is 8.42 Å². The summed E-state index contributed by atoms with van der Waals surface area (Å²) in [6.07, 6.45) is 0. The van der Waals surface area contributed by atoms with E-state index in [-0.39, 0.29) is 4.90 Å². The van der Waals surface area contributed by atoms with E-state index in [4.69, 9.17) is 9.47 Å². The molecule has 8 heteroatoms. The quantitative estimate of drug-likeness (QED) is 0.720. The van der Waals surface area contributed by atoms with Crippen molar-refractivity contribution in [1.29, 1.82) is 0 Å². The summed E-state index contributed by atoms with van der Waals surface area (Å²) in [5, 5.41) is 2.67. The van der Waals surface area contributed by atoms with Gasteiger partial charge in [0.2, 0.25) is 15.9 Å². The van der Waals surface area contributed by atoms with Crippen LogP contribution in [0.5, 0.6) is 11.5 Å². The lowest BCUT2D eigenvalue weighted by molar-refractivity contribution is -0.117. The van der Waals surface area contributed by atoms with Crippen molar-refractivity contribution in [1.82, 2.24) is 4.72 Å². The summed E-state index contributed by atoms with van der Waals surface area (Å²) in [7, 11) is -2.33. The summed E-state index contributed by atoms with van der Waals surface area (Å²) in [6.45, 7) is 5.67. The molecule has 0 heterocycles. The van der Waals surface area contributed by atoms with Gasteiger partial charge in [0.05, 0.1) is 24.7 Å². The number of aryl methyl sites for hydroxylation is 1. The van der Waals surface area contributed by atoms with Gasteiger partial charge in [0.15, 0.2) is 0 Å². The van der Waals surface area contributed by atoms with Crippen LogP contribution >= 0.6 is 0 Å². The summed E-state index contributed by atoms with van der Waals surface area (Å²) >= 11 is 0. The zero-order valence-corrected chi connectivity index (χ0v) is 16.6. The molecule has 1 amide bonds. The SMILES string of the molecule is CCOc1ccc(NC(=O)[C@H](C)NS(=O)(=O)c2ccc(OC)c(C)c2)cc1. The molecule has 0 unspecified atom stereocenters. The molecular weight excluding hydrogens is 368 g/mol. The molecule has 0 fully saturated rings. The Morgan fingerprint density at radius 1 is 1.15 bits per heavy atom. The molecule has 2 N–H and O–H groups in total. The van der Waals surface area contributed by atoms with Gasteiger partial charge in [0, 0.05) is 5.69 Å². The van der Waals surface area contributed by atoms with Gasteiger partial charge in [-0.05, 0) is 68.8 Å². The molecule has 146 valence electrons. The van der Waals surface area contributed by atoms with E-state index in [1.807, 2.05) is 6.92 Å². The standard InChI is InChI=1S/C19H24N2O5S/c1-5-26-16-8-6-15(7-9-16)20-19(22)14(3)21-27(23,24)17-10-11-18(25-4)13(2)12-17/h6-12,14,21H,5H2,1-4H3,(H,20,22)/t14-/m0/s1. The van der Waals surface area contributed by atoms with E-state index < -0.39 is 22.0 Å². The molecule has 0 aliphatic rings. The molecule has 0 saturated heterocycles. The first-order valence-corrected chi connectivity index (χ1v) is 9.96. The van der Waals surface area contributed by atoms with Gasteiger partial charge in [-0.3, -0.25) is 4.79 Å². The molecule has 0 radical (unpaired) electrons. The number of nitrogens with one attached hydrogen (secondary N) is 2. The summed E-state index contributed by atoms with van der Waals surface area (Å²) < 4.78 is 37.9. The van der Waals surface area contributed by atoms with Crippen LogP contribution in [-0.2, 0) is 14.8 Å². The Balaban J connectivity index is 2.05. The van der Waals surface area contributed by atoms with E-state index in [1.165, 1.54) is 26.2 Å². The van der Waals surface area contributed by atoms with Gasteiger partial charge >= 0.3 is 0 Å². The highest BCUT2D eigenvalue weighted by atomic mass is 32.2. The Bertz CT molecular complexity index is 895. The first-order chi connectivity index (χ1) is 12.8. The summed E-state index contributed by atoms with van der Waals surface area (Å²) in [5.74, 6) is 0.822. The normalized spacial score (nSPS) is 12.3. The largest absolute Gasteiger partial charge is 0.496 e. The van der Waals surface area contributed by atoms with Crippen molar-refractivity contribution in [3.05, 3.63) is 48.0 Å². The van der Waals surface area contributed by atoms with Crippen LogP contribution < -0.4 is 19.5 Å². The second-order valence-electron chi connectivity index (χ2n) is 5.92. The molecule has 2 aromatic rings. The minimum Gasteiger partial charge on any atom is -0.496 e. The Morgan fingerprint density at radius 2 is 1.81 bits per heavy atom. The monoisotopic (exact) mass is 392 g/mol. The van der Waals surface area contributed by atoms with Crippen molar-refractivity contribution in [3.8, 4) is 11.5 Å². The van der Waals surface area contributed by atoms with Crippen molar-refractivity contribution >= 4 is 21.6 Å². The van der Waals surface area contributed by atoms with Crippen molar-refractivity contribution < 1.29 is 22.7 Å².